The van der Waals surface area contributed by atoms with E-state index < -0.39 is 0 Å². The summed E-state index contributed by atoms with van der Waals surface area (Å²) in [6.07, 6.45) is 8.16. The number of hydrogen-bond acceptors (Lipinski definition) is 2. The second-order valence-corrected chi connectivity index (χ2v) is 9.35. The minimum absolute atomic E-state index is 0.520. The van der Waals surface area contributed by atoms with E-state index in [2.05, 4.69) is 58.6 Å². The smallest absolute Gasteiger partial charge is 0.0204 e. The molecule has 21 heavy (non-hydrogen) atoms. The maximum Gasteiger partial charge on any atom is 0.0204 e. The lowest BCUT2D eigenvalue weighted by atomic mass is 9.68. The van der Waals surface area contributed by atoms with Crippen molar-refractivity contribution >= 4 is 11.8 Å². The van der Waals surface area contributed by atoms with E-state index in [0.717, 1.165) is 23.1 Å². The van der Waals surface area contributed by atoms with Crippen LogP contribution in [0.2, 0.25) is 0 Å². The van der Waals surface area contributed by atoms with Crippen molar-refractivity contribution < 1.29 is 0 Å². The molecule has 0 aliphatic heterocycles. The highest BCUT2D eigenvalue weighted by Crippen LogP contribution is 2.43. The molecule has 2 heteroatoms. The Bertz CT molecular complexity index is 275. The Morgan fingerprint density at radius 2 is 1.90 bits per heavy atom. The second kappa shape index (κ2) is 9.45. The minimum atomic E-state index is 0.520. The number of thioether (sulfide) groups is 1. The molecular formula is C19H39NS. The van der Waals surface area contributed by atoms with Crippen LogP contribution in [0.15, 0.2) is 0 Å². The van der Waals surface area contributed by atoms with Gasteiger partial charge < -0.3 is 5.32 Å². The molecule has 0 aromatic carbocycles. The second-order valence-electron chi connectivity index (χ2n) is 8.00. The summed E-state index contributed by atoms with van der Waals surface area (Å²) >= 11 is 2.25. The molecule has 1 fully saturated rings. The molecule has 126 valence electrons. The van der Waals surface area contributed by atoms with Crippen LogP contribution in [0.4, 0.5) is 0 Å². The van der Waals surface area contributed by atoms with Gasteiger partial charge in [-0.3, -0.25) is 0 Å². The number of nitrogens with one attached hydrogen (secondary N) is 1. The van der Waals surface area contributed by atoms with Gasteiger partial charge >= 0.3 is 0 Å². The molecule has 1 N–H and O–H groups in total. The largest absolute Gasteiger partial charge is 0.313 e. The molecule has 0 radical (unpaired) electrons. The Hall–Kier alpha value is 0.310. The van der Waals surface area contributed by atoms with Gasteiger partial charge in [-0.25, -0.2) is 0 Å². The molecule has 3 unspecified atom stereocenters. The Kier molecular flexibility index (Phi) is 8.71. The summed E-state index contributed by atoms with van der Waals surface area (Å²) in [7, 11) is 0. The third kappa shape index (κ3) is 6.52. The quantitative estimate of drug-likeness (QED) is 0.582. The van der Waals surface area contributed by atoms with Gasteiger partial charge in [-0.05, 0) is 61.7 Å². The fraction of sp³-hybridized carbons (Fsp3) is 1.00. The summed E-state index contributed by atoms with van der Waals surface area (Å²) in [6, 6.07) is 0.756. The van der Waals surface area contributed by atoms with E-state index in [9.17, 15) is 0 Å². The van der Waals surface area contributed by atoms with Crippen molar-refractivity contribution in [3.05, 3.63) is 0 Å². The molecule has 0 saturated heterocycles. The van der Waals surface area contributed by atoms with Gasteiger partial charge in [0.15, 0.2) is 0 Å². The van der Waals surface area contributed by atoms with Crippen LogP contribution in [-0.4, -0.2) is 23.6 Å². The van der Waals surface area contributed by atoms with Crippen LogP contribution in [0.25, 0.3) is 0 Å². The van der Waals surface area contributed by atoms with E-state index >= 15 is 0 Å². The first-order valence-corrected chi connectivity index (χ1v) is 10.3. The maximum absolute atomic E-state index is 3.83. The fourth-order valence-corrected chi connectivity index (χ4v) is 5.07. The Morgan fingerprint density at radius 3 is 2.48 bits per heavy atom. The van der Waals surface area contributed by atoms with Crippen LogP contribution in [-0.2, 0) is 0 Å². The zero-order valence-corrected chi connectivity index (χ0v) is 16.2. The number of hydrogen-bond donors (Lipinski definition) is 1. The summed E-state index contributed by atoms with van der Waals surface area (Å²) in [6.45, 7) is 15.5. The predicted octanol–water partition coefficient (Wildman–Crippen LogP) is 5.74. The van der Waals surface area contributed by atoms with Crippen LogP contribution in [0, 0.1) is 17.3 Å². The van der Waals surface area contributed by atoms with Crippen molar-refractivity contribution in [3.8, 4) is 0 Å². The van der Waals surface area contributed by atoms with Crippen LogP contribution < -0.4 is 5.32 Å². The van der Waals surface area contributed by atoms with Gasteiger partial charge in [-0.2, -0.15) is 11.8 Å². The van der Waals surface area contributed by atoms with Gasteiger partial charge in [-0.15, -0.1) is 0 Å². The van der Waals surface area contributed by atoms with Crippen molar-refractivity contribution in [2.24, 2.45) is 17.3 Å². The molecule has 0 aromatic rings. The normalized spacial score (nSPS) is 27.3. The van der Waals surface area contributed by atoms with Gasteiger partial charge in [0.05, 0.1) is 0 Å². The van der Waals surface area contributed by atoms with Crippen LogP contribution >= 0.6 is 11.8 Å². The molecule has 0 bridgehead atoms. The predicted molar refractivity (Wildman–Crippen MR) is 99.2 cm³/mol. The van der Waals surface area contributed by atoms with Gasteiger partial charge in [0.1, 0.15) is 0 Å². The van der Waals surface area contributed by atoms with E-state index in [-0.39, 0.29) is 0 Å². The number of rotatable bonds is 9. The molecule has 0 amide bonds. The summed E-state index contributed by atoms with van der Waals surface area (Å²) < 4.78 is 0. The lowest BCUT2D eigenvalue weighted by molar-refractivity contribution is 0.141. The lowest BCUT2D eigenvalue weighted by Crippen LogP contribution is -2.45. The maximum atomic E-state index is 3.83. The van der Waals surface area contributed by atoms with Gasteiger partial charge in [0.2, 0.25) is 0 Å². The summed E-state index contributed by atoms with van der Waals surface area (Å²) in [5.41, 5.74) is 0.520. The average Bonchev–Trinajstić information content (AvgIpc) is 2.45. The third-order valence-electron chi connectivity index (χ3n) is 5.49. The lowest BCUT2D eigenvalue weighted by Gasteiger charge is -2.43. The van der Waals surface area contributed by atoms with Crippen LogP contribution in [0.3, 0.4) is 0 Å². The summed E-state index contributed by atoms with van der Waals surface area (Å²) in [5, 5.41) is 4.66. The molecule has 0 spiro atoms. The Balaban J connectivity index is 2.58. The van der Waals surface area contributed by atoms with E-state index in [4.69, 9.17) is 0 Å². The zero-order chi connectivity index (χ0) is 15.9. The van der Waals surface area contributed by atoms with Crippen LogP contribution in [0.5, 0.6) is 0 Å². The molecule has 1 rings (SSSR count). The minimum Gasteiger partial charge on any atom is -0.313 e. The first-order valence-electron chi connectivity index (χ1n) is 9.25. The molecule has 1 aliphatic carbocycles. The zero-order valence-electron chi connectivity index (χ0n) is 15.4. The fourth-order valence-electron chi connectivity index (χ4n) is 3.33. The molecule has 0 heterocycles. The average molecular weight is 314 g/mol. The highest BCUT2D eigenvalue weighted by Gasteiger charge is 2.37. The molecule has 1 nitrogen and oxygen atoms in total. The third-order valence-corrected chi connectivity index (χ3v) is 6.91. The molecule has 1 aliphatic rings. The highest BCUT2D eigenvalue weighted by atomic mass is 32.2. The molecular weight excluding hydrogens is 274 g/mol. The van der Waals surface area contributed by atoms with Gasteiger partial charge in [0, 0.05) is 11.3 Å². The Morgan fingerprint density at radius 1 is 1.19 bits per heavy atom. The van der Waals surface area contributed by atoms with Gasteiger partial charge in [-0.1, -0.05) is 48.0 Å². The van der Waals surface area contributed by atoms with Gasteiger partial charge in [0.25, 0.3) is 0 Å². The van der Waals surface area contributed by atoms with Crippen molar-refractivity contribution in [2.75, 3.05) is 12.3 Å². The highest BCUT2D eigenvalue weighted by molar-refractivity contribution is 7.99. The van der Waals surface area contributed by atoms with Crippen molar-refractivity contribution in [2.45, 2.75) is 91.4 Å². The standard InChI is InChI=1S/C19H39NS/c1-7-12-20-17-10-9-16(19(5,6)8-2)14-18(17)21-13-11-15(3)4/h15-18,20H,7-14H2,1-6H3. The summed E-state index contributed by atoms with van der Waals surface area (Å²) in [4.78, 5) is 0. The molecule has 0 aromatic heterocycles. The summed E-state index contributed by atoms with van der Waals surface area (Å²) in [5.74, 6) is 3.09. The van der Waals surface area contributed by atoms with Crippen molar-refractivity contribution in [1.29, 1.82) is 0 Å². The van der Waals surface area contributed by atoms with E-state index in [1.807, 2.05) is 0 Å². The van der Waals surface area contributed by atoms with E-state index in [1.54, 1.807) is 0 Å². The van der Waals surface area contributed by atoms with Crippen molar-refractivity contribution in [1.82, 2.24) is 5.32 Å². The SMILES string of the molecule is CCCNC1CCC(C(C)(C)CC)CC1SCCC(C)C. The topological polar surface area (TPSA) is 12.0 Å². The molecule has 3 atom stereocenters. The van der Waals surface area contributed by atoms with Crippen LogP contribution in [0.1, 0.15) is 80.1 Å². The first kappa shape index (κ1) is 19.4. The Labute approximate surface area is 138 Å². The van der Waals surface area contributed by atoms with Crippen molar-refractivity contribution in [3.63, 3.8) is 0 Å². The van der Waals surface area contributed by atoms with E-state index in [1.165, 1.54) is 50.8 Å². The monoisotopic (exact) mass is 313 g/mol. The first-order chi connectivity index (χ1) is 9.90. The molecule has 1 saturated carbocycles. The van der Waals surface area contributed by atoms with E-state index in [0.29, 0.717) is 5.41 Å².